The maximum atomic E-state index is 12.1. The molecular formula is C16H28N4O2. The molecule has 2 rings (SSSR count). The number of aliphatic hydroxyl groups is 1. The first kappa shape index (κ1) is 16.8. The van der Waals surface area contributed by atoms with Gasteiger partial charge < -0.3 is 15.7 Å². The van der Waals surface area contributed by atoms with E-state index in [9.17, 15) is 9.90 Å². The molecule has 0 bridgehead atoms. The molecule has 1 aromatic rings. The van der Waals surface area contributed by atoms with Gasteiger partial charge in [0.2, 0.25) is 0 Å². The lowest BCUT2D eigenvalue weighted by Crippen LogP contribution is -2.43. The Morgan fingerprint density at radius 1 is 1.41 bits per heavy atom. The summed E-state index contributed by atoms with van der Waals surface area (Å²) in [5, 5.41) is 19.6. The van der Waals surface area contributed by atoms with E-state index in [1.54, 1.807) is 6.20 Å². The fraction of sp³-hybridized carbons (Fsp3) is 0.750. The summed E-state index contributed by atoms with van der Waals surface area (Å²) < 4.78 is 1.84. The molecule has 0 spiro atoms. The Hall–Kier alpha value is -1.56. The number of carbonyl (C=O) groups excluding carboxylic acids is 1. The highest BCUT2D eigenvalue weighted by atomic mass is 16.3. The summed E-state index contributed by atoms with van der Waals surface area (Å²) in [5.41, 5.74) is 0.701. The molecule has 1 fully saturated rings. The average Bonchev–Trinajstić information content (AvgIpc) is 2.75. The number of amides is 2. The Labute approximate surface area is 132 Å². The predicted octanol–water partition coefficient (Wildman–Crippen LogP) is 2.60. The quantitative estimate of drug-likeness (QED) is 0.732. The van der Waals surface area contributed by atoms with Crippen LogP contribution in [0.25, 0.3) is 0 Å². The minimum Gasteiger partial charge on any atom is -0.396 e. The molecule has 1 aromatic heterocycles. The van der Waals surface area contributed by atoms with E-state index >= 15 is 0 Å². The number of hydrogen-bond acceptors (Lipinski definition) is 3. The van der Waals surface area contributed by atoms with Gasteiger partial charge in [0.15, 0.2) is 0 Å². The maximum Gasteiger partial charge on any atom is 0.319 e. The second-order valence-electron chi connectivity index (χ2n) is 6.63. The van der Waals surface area contributed by atoms with Crippen molar-refractivity contribution in [2.75, 3.05) is 11.9 Å². The van der Waals surface area contributed by atoms with Gasteiger partial charge in [-0.3, -0.25) is 4.68 Å². The fourth-order valence-electron chi connectivity index (χ4n) is 3.03. The fourth-order valence-corrected chi connectivity index (χ4v) is 3.03. The summed E-state index contributed by atoms with van der Waals surface area (Å²) in [6, 6.07) is -0.160. The predicted molar refractivity (Wildman–Crippen MR) is 86.7 cm³/mol. The third kappa shape index (κ3) is 5.02. The Kier molecular flexibility index (Phi) is 6.24. The van der Waals surface area contributed by atoms with E-state index in [-0.39, 0.29) is 24.6 Å². The van der Waals surface area contributed by atoms with Gasteiger partial charge >= 0.3 is 6.03 Å². The summed E-state index contributed by atoms with van der Waals surface area (Å²) in [7, 11) is 0. The normalized spacial score (nSPS) is 22.4. The Morgan fingerprint density at radius 2 is 2.18 bits per heavy atom. The highest BCUT2D eigenvalue weighted by Gasteiger charge is 2.24. The van der Waals surface area contributed by atoms with E-state index in [0.717, 1.165) is 32.2 Å². The number of urea groups is 1. The summed E-state index contributed by atoms with van der Waals surface area (Å²) >= 11 is 0. The Balaban J connectivity index is 1.87. The van der Waals surface area contributed by atoms with Gasteiger partial charge in [-0.25, -0.2) is 4.79 Å². The van der Waals surface area contributed by atoms with Gasteiger partial charge in [0, 0.05) is 31.3 Å². The zero-order chi connectivity index (χ0) is 15.9. The van der Waals surface area contributed by atoms with Crippen LogP contribution in [-0.2, 0) is 6.54 Å². The van der Waals surface area contributed by atoms with Crippen molar-refractivity contribution >= 4 is 11.7 Å². The summed E-state index contributed by atoms with van der Waals surface area (Å²) in [6.45, 7) is 5.22. The molecule has 124 valence electrons. The van der Waals surface area contributed by atoms with Crippen LogP contribution in [0.3, 0.4) is 0 Å². The number of aromatic nitrogens is 2. The number of nitrogens with one attached hydrogen (secondary N) is 2. The highest BCUT2D eigenvalue weighted by molar-refractivity contribution is 5.89. The maximum absolute atomic E-state index is 12.1. The lowest BCUT2D eigenvalue weighted by Gasteiger charge is -2.24. The largest absolute Gasteiger partial charge is 0.396 e. The Morgan fingerprint density at radius 3 is 2.91 bits per heavy atom. The number of rotatable bonds is 5. The minimum atomic E-state index is -0.213. The van der Waals surface area contributed by atoms with Gasteiger partial charge in [0.1, 0.15) is 0 Å². The zero-order valence-electron chi connectivity index (χ0n) is 13.6. The molecule has 0 saturated heterocycles. The molecule has 6 heteroatoms. The third-order valence-corrected chi connectivity index (χ3v) is 4.15. The SMILES string of the molecule is CC(C)Cn1cc(NC(=O)NC2CCCCCC2CO)cn1. The molecule has 3 N–H and O–H groups in total. The third-order valence-electron chi connectivity index (χ3n) is 4.15. The van der Waals surface area contributed by atoms with E-state index in [1.165, 1.54) is 6.42 Å². The van der Waals surface area contributed by atoms with Crippen LogP contribution < -0.4 is 10.6 Å². The van der Waals surface area contributed by atoms with Crippen LogP contribution in [0.1, 0.15) is 46.0 Å². The van der Waals surface area contributed by atoms with Crippen molar-refractivity contribution in [2.24, 2.45) is 11.8 Å². The van der Waals surface area contributed by atoms with Crippen LogP contribution in [0.15, 0.2) is 12.4 Å². The minimum absolute atomic E-state index is 0.0539. The van der Waals surface area contributed by atoms with Crippen LogP contribution in [0.5, 0.6) is 0 Å². The van der Waals surface area contributed by atoms with Crippen LogP contribution in [0.4, 0.5) is 10.5 Å². The van der Waals surface area contributed by atoms with Crippen molar-refractivity contribution in [3.63, 3.8) is 0 Å². The zero-order valence-corrected chi connectivity index (χ0v) is 13.6. The molecule has 0 aliphatic heterocycles. The molecule has 1 heterocycles. The smallest absolute Gasteiger partial charge is 0.319 e. The molecule has 2 amide bonds. The molecule has 2 atom stereocenters. The van der Waals surface area contributed by atoms with Gasteiger partial charge in [0.05, 0.1) is 11.9 Å². The molecule has 6 nitrogen and oxygen atoms in total. The van der Waals surface area contributed by atoms with E-state index in [2.05, 4.69) is 29.6 Å². The number of aliphatic hydroxyl groups excluding tert-OH is 1. The van der Waals surface area contributed by atoms with E-state index in [0.29, 0.717) is 11.6 Å². The molecule has 1 saturated carbocycles. The van der Waals surface area contributed by atoms with Crippen molar-refractivity contribution in [1.29, 1.82) is 0 Å². The standard InChI is InChI=1S/C16H28N4O2/c1-12(2)9-20-10-14(8-17-20)18-16(22)19-15-7-5-3-4-6-13(15)11-21/h8,10,12-13,15,21H,3-7,9,11H2,1-2H3,(H2,18,19,22). The molecular weight excluding hydrogens is 280 g/mol. The van der Waals surface area contributed by atoms with Gasteiger partial charge in [-0.05, 0) is 18.8 Å². The van der Waals surface area contributed by atoms with Gasteiger partial charge in [-0.15, -0.1) is 0 Å². The molecule has 1 aliphatic rings. The first-order valence-electron chi connectivity index (χ1n) is 8.29. The van der Waals surface area contributed by atoms with Crippen molar-refractivity contribution < 1.29 is 9.90 Å². The van der Waals surface area contributed by atoms with Crippen molar-refractivity contribution in [3.05, 3.63) is 12.4 Å². The number of carbonyl (C=O) groups is 1. The van der Waals surface area contributed by atoms with Crippen LogP contribution >= 0.6 is 0 Å². The van der Waals surface area contributed by atoms with E-state index < -0.39 is 0 Å². The first-order chi connectivity index (χ1) is 10.6. The second-order valence-corrected chi connectivity index (χ2v) is 6.63. The van der Waals surface area contributed by atoms with Crippen molar-refractivity contribution in [3.8, 4) is 0 Å². The average molecular weight is 308 g/mol. The molecule has 22 heavy (non-hydrogen) atoms. The van der Waals surface area contributed by atoms with E-state index in [4.69, 9.17) is 0 Å². The summed E-state index contributed by atoms with van der Waals surface area (Å²) in [6.07, 6.45) is 8.84. The number of nitrogens with zero attached hydrogens (tertiary/aromatic N) is 2. The van der Waals surface area contributed by atoms with Crippen LogP contribution in [0, 0.1) is 11.8 Å². The van der Waals surface area contributed by atoms with Crippen molar-refractivity contribution in [1.82, 2.24) is 15.1 Å². The first-order valence-corrected chi connectivity index (χ1v) is 8.29. The summed E-state index contributed by atoms with van der Waals surface area (Å²) in [4.78, 5) is 12.1. The van der Waals surface area contributed by atoms with Crippen LogP contribution in [0.2, 0.25) is 0 Å². The number of hydrogen-bond donors (Lipinski definition) is 3. The lowest BCUT2D eigenvalue weighted by molar-refractivity contribution is 0.182. The molecule has 0 aromatic carbocycles. The van der Waals surface area contributed by atoms with E-state index in [1.807, 2.05) is 10.9 Å². The second kappa shape index (κ2) is 8.17. The van der Waals surface area contributed by atoms with Gasteiger partial charge in [-0.2, -0.15) is 5.10 Å². The summed E-state index contributed by atoms with van der Waals surface area (Å²) in [5.74, 6) is 0.676. The topological polar surface area (TPSA) is 79.2 Å². The van der Waals surface area contributed by atoms with Crippen LogP contribution in [-0.4, -0.2) is 33.6 Å². The molecule has 0 radical (unpaired) electrons. The monoisotopic (exact) mass is 308 g/mol. The van der Waals surface area contributed by atoms with Crippen molar-refractivity contribution in [2.45, 2.75) is 58.5 Å². The lowest BCUT2D eigenvalue weighted by atomic mass is 9.96. The van der Waals surface area contributed by atoms with Gasteiger partial charge in [0.25, 0.3) is 0 Å². The number of anilines is 1. The Bertz CT molecular complexity index is 472. The van der Waals surface area contributed by atoms with Gasteiger partial charge in [-0.1, -0.05) is 33.1 Å². The molecule has 1 aliphatic carbocycles. The molecule has 2 unspecified atom stereocenters. The highest BCUT2D eigenvalue weighted by Crippen LogP contribution is 2.23.